The van der Waals surface area contributed by atoms with Gasteiger partial charge in [-0.3, -0.25) is 14.4 Å². The van der Waals surface area contributed by atoms with Crippen LogP contribution in [0.4, 0.5) is 5.69 Å². The van der Waals surface area contributed by atoms with E-state index in [4.69, 9.17) is 4.74 Å². The third kappa shape index (κ3) is 4.63. The third-order valence-electron chi connectivity index (χ3n) is 8.85. The molecule has 2 unspecified atom stereocenters. The van der Waals surface area contributed by atoms with Gasteiger partial charge in [0.05, 0.1) is 30.1 Å². The van der Waals surface area contributed by atoms with E-state index in [9.17, 15) is 19.5 Å². The van der Waals surface area contributed by atoms with Crippen LogP contribution in [0.5, 0.6) is 0 Å². The summed E-state index contributed by atoms with van der Waals surface area (Å²) in [7, 11) is 0. The van der Waals surface area contributed by atoms with Crippen LogP contribution in [0, 0.1) is 17.8 Å². The molecule has 2 bridgehead atoms. The number of ether oxygens (including phenoxy) is 1. The van der Waals surface area contributed by atoms with E-state index in [-0.39, 0.29) is 30.2 Å². The monoisotopic (exact) mass is 533 g/mol. The molecule has 3 amide bonds. The Labute approximate surface area is 230 Å². The molecule has 6 atom stereocenters. The molecule has 3 heterocycles. The van der Waals surface area contributed by atoms with Crippen LogP contribution in [0.1, 0.15) is 52.0 Å². The number of benzene rings is 2. The first-order valence-corrected chi connectivity index (χ1v) is 14.1. The number of nitrogens with zero attached hydrogens (tertiary/aromatic N) is 1. The highest BCUT2D eigenvalue weighted by Crippen LogP contribution is 2.64. The maximum atomic E-state index is 14.3. The highest BCUT2D eigenvalue weighted by Gasteiger charge is 2.79. The van der Waals surface area contributed by atoms with Crippen LogP contribution < -0.4 is 10.6 Å². The van der Waals surface area contributed by atoms with Crippen molar-refractivity contribution in [3.8, 4) is 0 Å². The van der Waals surface area contributed by atoms with Crippen LogP contribution >= 0.6 is 0 Å². The van der Waals surface area contributed by atoms with Gasteiger partial charge in [0.15, 0.2) is 0 Å². The molecule has 3 fully saturated rings. The van der Waals surface area contributed by atoms with Gasteiger partial charge in [0.25, 0.3) is 0 Å². The first-order valence-electron chi connectivity index (χ1n) is 14.1. The predicted octanol–water partition coefficient (Wildman–Crippen LogP) is 3.50. The minimum Gasteiger partial charge on any atom is -0.394 e. The van der Waals surface area contributed by atoms with E-state index in [0.717, 1.165) is 5.56 Å². The summed E-state index contributed by atoms with van der Waals surface area (Å²) in [5.41, 5.74) is -0.357. The van der Waals surface area contributed by atoms with E-state index < -0.39 is 35.1 Å². The predicted molar refractivity (Wildman–Crippen MR) is 147 cm³/mol. The van der Waals surface area contributed by atoms with E-state index in [1.807, 2.05) is 81.4 Å². The fourth-order valence-electron chi connectivity index (χ4n) is 7.19. The fourth-order valence-corrected chi connectivity index (χ4v) is 7.19. The second kappa shape index (κ2) is 10.7. The molecular formula is C31H39N3O5. The van der Waals surface area contributed by atoms with Crippen LogP contribution in [0.3, 0.4) is 0 Å². The zero-order valence-corrected chi connectivity index (χ0v) is 22.9. The van der Waals surface area contributed by atoms with E-state index in [1.54, 1.807) is 4.90 Å². The zero-order chi connectivity index (χ0) is 27.8. The molecule has 1 spiro atoms. The van der Waals surface area contributed by atoms with Crippen molar-refractivity contribution in [1.82, 2.24) is 10.2 Å². The minimum atomic E-state index is -1.13. The number of amides is 3. The van der Waals surface area contributed by atoms with Crippen molar-refractivity contribution < 1.29 is 24.2 Å². The van der Waals surface area contributed by atoms with Crippen molar-refractivity contribution in [2.75, 3.05) is 11.9 Å². The molecule has 3 saturated heterocycles. The molecule has 2 aromatic rings. The number of hydrogen-bond donors (Lipinski definition) is 3. The molecular weight excluding hydrogens is 494 g/mol. The van der Waals surface area contributed by atoms with Crippen molar-refractivity contribution in [1.29, 1.82) is 0 Å². The van der Waals surface area contributed by atoms with Crippen LogP contribution in [-0.4, -0.2) is 57.6 Å². The Bertz CT molecular complexity index is 1210. The number of nitrogens with one attached hydrogen (secondary N) is 2. The quantitative estimate of drug-likeness (QED) is 0.433. The van der Waals surface area contributed by atoms with E-state index in [1.165, 1.54) is 0 Å². The maximum absolute atomic E-state index is 14.3. The van der Waals surface area contributed by atoms with Gasteiger partial charge in [-0.05, 0) is 49.3 Å². The van der Waals surface area contributed by atoms with Crippen LogP contribution in [-0.2, 0) is 25.7 Å². The van der Waals surface area contributed by atoms with Crippen LogP contribution in [0.25, 0.3) is 0 Å². The lowest BCUT2D eigenvalue weighted by Gasteiger charge is -2.38. The average molecular weight is 534 g/mol. The number of fused-ring (bicyclic) bond motifs is 1. The second-order valence-corrected chi connectivity index (χ2v) is 11.6. The molecule has 0 aromatic heterocycles. The summed E-state index contributed by atoms with van der Waals surface area (Å²) < 4.78 is 6.81. The summed E-state index contributed by atoms with van der Waals surface area (Å²) in [6.07, 6.45) is 2.18. The van der Waals surface area contributed by atoms with Gasteiger partial charge in [-0.25, -0.2) is 0 Å². The van der Waals surface area contributed by atoms with Crippen molar-refractivity contribution in [2.45, 2.75) is 76.3 Å². The van der Waals surface area contributed by atoms with Gasteiger partial charge in [0.2, 0.25) is 17.7 Å². The molecule has 0 radical (unpaired) electrons. The largest absolute Gasteiger partial charge is 0.394 e. The Morgan fingerprint density at radius 2 is 1.72 bits per heavy atom. The molecule has 5 rings (SSSR count). The summed E-state index contributed by atoms with van der Waals surface area (Å²) in [4.78, 5) is 43.7. The number of hydrogen-bond acceptors (Lipinski definition) is 5. The molecule has 0 aliphatic carbocycles. The van der Waals surface area contributed by atoms with Gasteiger partial charge in [-0.1, -0.05) is 69.3 Å². The zero-order valence-electron chi connectivity index (χ0n) is 22.9. The summed E-state index contributed by atoms with van der Waals surface area (Å²) in [5, 5.41) is 16.4. The molecule has 3 aliphatic heterocycles. The Kier molecular flexibility index (Phi) is 7.53. The molecule has 2 aromatic carbocycles. The molecule has 3 aliphatic rings. The Morgan fingerprint density at radius 1 is 1.05 bits per heavy atom. The summed E-state index contributed by atoms with van der Waals surface area (Å²) in [5.74, 6) is -2.21. The summed E-state index contributed by atoms with van der Waals surface area (Å²) >= 11 is 0. The number of para-hydroxylation sites is 1. The molecule has 3 N–H and O–H groups in total. The first kappa shape index (κ1) is 27.3. The lowest BCUT2D eigenvalue weighted by atomic mass is 9.65. The van der Waals surface area contributed by atoms with Crippen molar-refractivity contribution >= 4 is 23.4 Å². The van der Waals surface area contributed by atoms with Crippen molar-refractivity contribution in [3.63, 3.8) is 0 Å². The standard InChI is InChI=1S/C31H39N3O5/c1-4-30-15-16-31(39-30)25(24(30)27(36)33-22-13-9-6-10-14-22)29(38)34(23(19-35)17-20(2)3)26(31)28(37)32-18-21-11-7-5-8-12-21/h5-14,20,23-26,35H,4,15-19H2,1-3H3,(H,32,37)(H,33,36)/t23-,24+,25+,26?,30-,31?/m1/s1. The van der Waals surface area contributed by atoms with Gasteiger partial charge in [-0.15, -0.1) is 0 Å². The molecule has 8 heteroatoms. The van der Waals surface area contributed by atoms with Gasteiger partial charge in [0.1, 0.15) is 11.6 Å². The number of aliphatic hydroxyl groups is 1. The summed E-state index contributed by atoms with van der Waals surface area (Å²) in [6.45, 7) is 6.07. The normalized spacial score (nSPS) is 29.9. The Hall–Kier alpha value is -3.23. The van der Waals surface area contributed by atoms with Crippen molar-refractivity contribution in [3.05, 3.63) is 66.2 Å². The Balaban J connectivity index is 1.52. The third-order valence-corrected chi connectivity index (χ3v) is 8.85. The van der Waals surface area contributed by atoms with Crippen LogP contribution in [0.15, 0.2) is 60.7 Å². The summed E-state index contributed by atoms with van der Waals surface area (Å²) in [6, 6.07) is 17.3. The number of carbonyl (C=O) groups excluding carboxylic acids is 3. The molecule has 0 saturated carbocycles. The number of likely N-dealkylation sites (tertiary alicyclic amines) is 1. The van der Waals surface area contributed by atoms with E-state index in [0.29, 0.717) is 37.9 Å². The highest BCUT2D eigenvalue weighted by atomic mass is 16.5. The average Bonchev–Trinajstić information content (AvgIpc) is 3.55. The lowest BCUT2D eigenvalue weighted by Crippen LogP contribution is -2.58. The smallest absolute Gasteiger partial charge is 0.246 e. The molecule has 208 valence electrons. The second-order valence-electron chi connectivity index (χ2n) is 11.6. The minimum absolute atomic E-state index is 0.192. The van der Waals surface area contributed by atoms with E-state index in [2.05, 4.69) is 10.6 Å². The number of rotatable bonds is 10. The van der Waals surface area contributed by atoms with Gasteiger partial charge in [-0.2, -0.15) is 0 Å². The van der Waals surface area contributed by atoms with E-state index >= 15 is 0 Å². The molecule has 8 nitrogen and oxygen atoms in total. The highest BCUT2D eigenvalue weighted by molar-refractivity contribution is 6.02. The SMILES string of the molecule is CC[C@]12CCC3(O1)C(C(=O)NCc1ccccc1)N([C@@H](CO)CC(C)C)C(=O)[C@@H]3[C@H]2C(=O)Nc1ccccc1. The van der Waals surface area contributed by atoms with Crippen LogP contribution in [0.2, 0.25) is 0 Å². The number of aliphatic hydroxyl groups excluding tert-OH is 1. The topological polar surface area (TPSA) is 108 Å². The first-order chi connectivity index (χ1) is 18.8. The van der Waals surface area contributed by atoms with Gasteiger partial charge in [0, 0.05) is 12.2 Å². The number of anilines is 1. The molecule has 39 heavy (non-hydrogen) atoms. The van der Waals surface area contributed by atoms with Gasteiger partial charge < -0.3 is 25.4 Å². The van der Waals surface area contributed by atoms with Crippen molar-refractivity contribution in [2.24, 2.45) is 17.8 Å². The fraction of sp³-hybridized carbons (Fsp3) is 0.516. The Morgan fingerprint density at radius 3 is 2.33 bits per heavy atom. The number of carbonyl (C=O) groups is 3. The maximum Gasteiger partial charge on any atom is 0.246 e. The lowest BCUT2D eigenvalue weighted by molar-refractivity contribution is -0.150. The van der Waals surface area contributed by atoms with Gasteiger partial charge >= 0.3 is 0 Å².